The van der Waals surface area contributed by atoms with Crippen LogP contribution in [0.15, 0.2) is 12.3 Å². The van der Waals surface area contributed by atoms with Gasteiger partial charge < -0.3 is 4.90 Å². The van der Waals surface area contributed by atoms with Crippen molar-refractivity contribution in [2.24, 2.45) is 0 Å². The predicted molar refractivity (Wildman–Crippen MR) is 61.9 cm³/mol. The molecule has 1 aromatic heterocycles. The molecule has 15 heavy (non-hydrogen) atoms. The van der Waals surface area contributed by atoms with Gasteiger partial charge in [-0.3, -0.25) is 0 Å². The molecule has 0 spiro atoms. The van der Waals surface area contributed by atoms with Gasteiger partial charge in [0.15, 0.2) is 0 Å². The van der Waals surface area contributed by atoms with E-state index in [2.05, 4.69) is 23.7 Å². The Balaban J connectivity index is 2.99. The zero-order valence-corrected chi connectivity index (χ0v) is 9.89. The fraction of sp³-hybridized carbons (Fsp3) is 0.545. The van der Waals surface area contributed by atoms with Gasteiger partial charge in [0.05, 0.1) is 12.1 Å². The van der Waals surface area contributed by atoms with Crippen LogP contribution in [0.5, 0.6) is 0 Å². The van der Waals surface area contributed by atoms with Crippen LogP contribution >= 0.6 is 11.6 Å². The van der Waals surface area contributed by atoms with Gasteiger partial charge in [-0.1, -0.05) is 6.92 Å². The normalized spacial score (nSPS) is 10.4. The molecule has 0 fully saturated rings. The maximum Gasteiger partial charge on any atom is 0.141 e. The molecule has 0 aliphatic carbocycles. The van der Waals surface area contributed by atoms with Gasteiger partial charge in [-0.2, -0.15) is 0 Å². The van der Waals surface area contributed by atoms with Crippen molar-refractivity contribution in [1.29, 1.82) is 0 Å². The number of halogens is 2. The molecule has 0 saturated heterocycles. The second-order valence-electron chi connectivity index (χ2n) is 3.35. The number of hydrogen-bond acceptors (Lipinski definition) is 2. The Bertz CT molecular complexity index is 317. The van der Waals surface area contributed by atoms with Gasteiger partial charge >= 0.3 is 0 Å². The highest BCUT2D eigenvalue weighted by atomic mass is 35.5. The minimum absolute atomic E-state index is 0.292. The Hall–Kier alpha value is -0.830. The van der Waals surface area contributed by atoms with Gasteiger partial charge in [-0.25, -0.2) is 9.37 Å². The molecule has 0 atom stereocenters. The summed E-state index contributed by atoms with van der Waals surface area (Å²) in [6, 6.07) is 1.45. The fourth-order valence-electron chi connectivity index (χ4n) is 1.54. The van der Waals surface area contributed by atoms with Crippen molar-refractivity contribution >= 4 is 17.4 Å². The minimum Gasteiger partial charge on any atom is -0.357 e. The summed E-state index contributed by atoms with van der Waals surface area (Å²) >= 11 is 5.77. The molecule has 0 N–H and O–H groups in total. The van der Waals surface area contributed by atoms with E-state index < -0.39 is 0 Å². The topological polar surface area (TPSA) is 16.1 Å². The van der Waals surface area contributed by atoms with E-state index in [0.29, 0.717) is 5.88 Å². The molecule has 0 amide bonds. The third-order valence-electron chi connectivity index (χ3n) is 2.23. The molecule has 1 aromatic rings. The van der Waals surface area contributed by atoms with Crippen LogP contribution in [0, 0.1) is 5.82 Å². The number of nitrogens with zero attached hydrogens (tertiary/aromatic N) is 2. The van der Waals surface area contributed by atoms with Gasteiger partial charge in [0, 0.05) is 18.7 Å². The van der Waals surface area contributed by atoms with Crippen molar-refractivity contribution in [2.45, 2.75) is 26.1 Å². The average Bonchev–Trinajstić information content (AvgIpc) is 2.26. The van der Waals surface area contributed by atoms with Gasteiger partial charge in [-0.15, -0.1) is 11.6 Å². The first-order valence-corrected chi connectivity index (χ1v) is 5.71. The van der Waals surface area contributed by atoms with Crippen molar-refractivity contribution in [1.82, 2.24) is 4.98 Å². The van der Waals surface area contributed by atoms with Crippen LogP contribution in [0.1, 0.15) is 25.8 Å². The molecule has 0 radical (unpaired) electrons. The Morgan fingerprint density at radius 1 is 1.47 bits per heavy atom. The van der Waals surface area contributed by atoms with Crippen LogP contribution in [0.25, 0.3) is 0 Å². The highest BCUT2D eigenvalue weighted by Crippen LogP contribution is 2.20. The molecule has 4 heteroatoms. The largest absolute Gasteiger partial charge is 0.357 e. The number of hydrogen-bond donors (Lipinski definition) is 0. The van der Waals surface area contributed by atoms with Crippen LogP contribution in [-0.4, -0.2) is 18.1 Å². The molecule has 0 aliphatic heterocycles. The van der Waals surface area contributed by atoms with Crippen LogP contribution in [-0.2, 0) is 5.88 Å². The van der Waals surface area contributed by atoms with Gasteiger partial charge in [0.1, 0.15) is 11.6 Å². The lowest BCUT2D eigenvalue weighted by Crippen LogP contribution is -2.25. The molecular formula is C11H16ClFN2. The first-order valence-electron chi connectivity index (χ1n) is 5.18. The Morgan fingerprint density at radius 3 is 2.73 bits per heavy atom. The van der Waals surface area contributed by atoms with Crippen LogP contribution in [0.3, 0.4) is 0 Å². The van der Waals surface area contributed by atoms with Crippen LogP contribution in [0.2, 0.25) is 0 Å². The highest BCUT2D eigenvalue weighted by molar-refractivity contribution is 6.17. The molecule has 0 saturated carbocycles. The third-order valence-corrected chi connectivity index (χ3v) is 2.52. The standard InChI is InChI=1S/C11H16ClFN2/c1-3-5-15(4-2)11-9(7-12)6-10(13)8-14-11/h6,8H,3-5,7H2,1-2H3. The Morgan fingerprint density at radius 2 is 2.20 bits per heavy atom. The molecular weight excluding hydrogens is 215 g/mol. The summed E-state index contributed by atoms with van der Waals surface area (Å²) in [5.41, 5.74) is 0.756. The van der Waals surface area contributed by atoms with E-state index in [0.717, 1.165) is 30.9 Å². The smallest absolute Gasteiger partial charge is 0.141 e. The van der Waals surface area contributed by atoms with E-state index in [1.165, 1.54) is 12.3 Å². The average molecular weight is 231 g/mol. The fourth-order valence-corrected chi connectivity index (χ4v) is 1.74. The molecule has 1 rings (SSSR count). The number of anilines is 1. The van der Waals surface area contributed by atoms with E-state index >= 15 is 0 Å². The number of alkyl halides is 1. The van der Waals surface area contributed by atoms with Crippen molar-refractivity contribution in [3.05, 3.63) is 23.6 Å². The quantitative estimate of drug-likeness (QED) is 0.723. The van der Waals surface area contributed by atoms with Crippen molar-refractivity contribution in [3.8, 4) is 0 Å². The molecule has 1 heterocycles. The van der Waals surface area contributed by atoms with Crippen molar-refractivity contribution in [3.63, 3.8) is 0 Å². The van der Waals surface area contributed by atoms with Gasteiger partial charge in [0.2, 0.25) is 0 Å². The molecule has 0 bridgehead atoms. The van der Waals surface area contributed by atoms with Gasteiger partial charge in [0.25, 0.3) is 0 Å². The van der Waals surface area contributed by atoms with E-state index in [1.807, 2.05) is 0 Å². The van der Waals surface area contributed by atoms with Crippen molar-refractivity contribution in [2.75, 3.05) is 18.0 Å². The maximum absolute atomic E-state index is 12.9. The summed E-state index contributed by atoms with van der Waals surface area (Å²) < 4.78 is 12.9. The maximum atomic E-state index is 12.9. The summed E-state index contributed by atoms with van der Waals surface area (Å²) in [6.45, 7) is 5.93. The monoisotopic (exact) mass is 230 g/mol. The highest BCUT2D eigenvalue weighted by Gasteiger charge is 2.10. The second-order valence-corrected chi connectivity index (χ2v) is 3.62. The zero-order valence-electron chi connectivity index (χ0n) is 9.13. The third kappa shape index (κ3) is 3.06. The Labute approximate surface area is 95.1 Å². The molecule has 0 aliphatic rings. The van der Waals surface area contributed by atoms with E-state index in [9.17, 15) is 4.39 Å². The van der Waals surface area contributed by atoms with E-state index in [1.54, 1.807) is 0 Å². The summed E-state index contributed by atoms with van der Waals surface area (Å²) in [6.07, 6.45) is 2.28. The second kappa shape index (κ2) is 5.91. The Kier molecular flexibility index (Phi) is 4.82. The SMILES string of the molecule is CCCN(CC)c1ncc(F)cc1CCl. The molecule has 84 valence electrons. The lowest BCUT2D eigenvalue weighted by atomic mass is 10.2. The van der Waals surface area contributed by atoms with Crippen LogP contribution < -0.4 is 4.90 Å². The number of pyridine rings is 1. The predicted octanol–water partition coefficient (Wildman–Crippen LogP) is 3.20. The summed E-state index contributed by atoms with van der Waals surface area (Å²) in [5, 5.41) is 0. The molecule has 2 nitrogen and oxygen atoms in total. The molecule has 0 unspecified atom stereocenters. The lowest BCUT2D eigenvalue weighted by molar-refractivity contribution is 0.618. The molecule has 0 aromatic carbocycles. The number of aromatic nitrogens is 1. The van der Waals surface area contributed by atoms with Gasteiger partial charge in [-0.05, 0) is 19.4 Å². The first kappa shape index (κ1) is 12.2. The first-order chi connectivity index (χ1) is 7.22. The summed E-state index contributed by atoms with van der Waals surface area (Å²) in [5.74, 6) is 0.762. The van der Waals surface area contributed by atoms with Crippen LogP contribution in [0.4, 0.5) is 10.2 Å². The van der Waals surface area contributed by atoms with Crippen molar-refractivity contribution < 1.29 is 4.39 Å². The number of rotatable bonds is 5. The lowest BCUT2D eigenvalue weighted by Gasteiger charge is -2.23. The minimum atomic E-state index is -0.332. The van der Waals surface area contributed by atoms with E-state index in [4.69, 9.17) is 11.6 Å². The zero-order chi connectivity index (χ0) is 11.3. The van der Waals surface area contributed by atoms with E-state index in [-0.39, 0.29) is 5.82 Å². The summed E-state index contributed by atoms with van der Waals surface area (Å²) in [7, 11) is 0. The summed E-state index contributed by atoms with van der Waals surface area (Å²) in [4.78, 5) is 6.21.